The number of aromatic nitrogens is 2. The number of nitrogens with one attached hydrogen (secondary N) is 3. The van der Waals surface area contributed by atoms with E-state index in [2.05, 4.69) is 32.8 Å². The number of anilines is 1. The highest BCUT2D eigenvalue weighted by Crippen LogP contribution is 2.27. The average Bonchev–Trinajstić information content (AvgIpc) is 2.59. The number of hydrogen-bond donors (Lipinski definition) is 3. The number of piperidine rings is 1. The van der Waals surface area contributed by atoms with Crippen LogP contribution in [-0.4, -0.2) is 42.1 Å². The zero-order valence-corrected chi connectivity index (χ0v) is 15.4. The van der Waals surface area contributed by atoms with Gasteiger partial charge in [-0.05, 0) is 43.8 Å². The van der Waals surface area contributed by atoms with Crippen molar-refractivity contribution in [2.24, 2.45) is 11.8 Å². The van der Waals surface area contributed by atoms with Gasteiger partial charge in [0.2, 0.25) is 11.9 Å². The van der Waals surface area contributed by atoms with Gasteiger partial charge in [-0.1, -0.05) is 6.92 Å². The molecule has 0 radical (unpaired) electrons. The quantitative estimate of drug-likeness (QED) is 0.618. The van der Waals surface area contributed by atoms with Gasteiger partial charge in [0.1, 0.15) is 5.69 Å². The third kappa shape index (κ3) is 7.33. The second-order valence-electron chi connectivity index (χ2n) is 6.31. The highest BCUT2D eigenvalue weighted by molar-refractivity contribution is 5.85. The number of amides is 1. The van der Waals surface area contributed by atoms with E-state index in [0.717, 1.165) is 38.2 Å². The molecule has 0 saturated carbocycles. The van der Waals surface area contributed by atoms with Gasteiger partial charge >= 0.3 is 6.18 Å². The van der Waals surface area contributed by atoms with Crippen molar-refractivity contribution in [2.45, 2.75) is 32.4 Å². The fourth-order valence-electron chi connectivity index (χ4n) is 2.92. The van der Waals surface area contributed by atoms with Crippen LogP contribution in [0.1, 0.15) is 31.9 Å². The number of nitrogens with zero attached hydrogens (tertiary/aromatic N) is 2. The van der Waals surface area contributed by atoms with Gasteiger partial charge in [0, 0.05) is 25.7 Å². The minimum absolute atomic E-state index is 0. The Kier molecular flexibility index (Phi) is 9.07. The minimum atomic E-state index is -4.50. The van der Waals surface area contributed by atoms with Crippen molar-refractivity contribution in [3.8, 4) is 0 Å². The van der Waals surface area contributed by atoms with Crippen LogP contribution in [0.2, 0.25) is 0 Å². The Bertz CT molecular complexity index is 567. The molecule has 6 nitrogen and oxygen atoms in total. The first-order chi connectivity index (χ1) is 11.9. The summed E-state index contributed by atoms with van der Waals surface area (Å²) in [5, 5.41) is 8.76. The summed E-state index contributed by atoms with van der Waals surface area (Å²) in [7, 11) is 0. The van der Waals surface area contributed by atoms with Crippen molar-refractivity contribution >= 4 is 24.3 Å². The molecule has 2 rings (SSSR count). The van der Waals surface area contributed by atoms with E-state index < -0.39 is 11.9 Å². The van der Waals surface area contributed by atoms with Gasteiger partial charge in [0.05, 0.1) is 0 Å². The Hall–Kier alpha value is -1.61. The molecule has 1 saturated heterocycles. The summed E-state index contributed by atoms with van der Waals surface area (Å²) in [6.45, 7) is 4.64. The third-order valence-corrected chi connectivity index (χ3v) is 4.37. The molecule has 1 aromatic heterocycles. The molecule has 1 amide bonds. The molecule has 1 fully saturated rings. The van der Waals surface area contributed by atoms with Gasteiger partial charge in [0.25, 0.3) is 0 Å². The third-order valence-electron chi connectivity index (χ3n) is 4.37. The molecule has 1 aliphatic rings. The van der Waals surface area contributed by atoms with E-state index in [4.69, 9.17) is 0 Å². The van der Waals surface area contributed by atoms with Crippen LogP contribution in [0, 0.1) is 11.8 Å². The Labute approximate surface area is 157 Å². The molecule has 0 bridgehead atoms. The van der Waals surface area contributed by atoms with Gasteiger partial charge in [-0.3, -0.25) is 4.79 Å². The normalized spacial score (nSPS) is 16.5. The topological polar surface area (TPSA) is 78.9 Å². The molecular formula is C16H25ClF3N5O. The maximum atomic E-state index is 12.6. The fraction of sp³-hybridized carbons (Fsp3) is 0.688. The largest absolute Gasteiger partial charge is 0.433 e. The SMILES string of the molecule is CC(CC(=O)NCCNc1nccc(C(F)(F)F)n1)C1CCNCC1.Cl. The van der Waals surface area contributed by atoms with Crippen molar-refractivity contribution in [2.75, 3.05) is 31.5 Å². The molecule has 1 unspecified atom stereocenters. The summed E-state index contributed by atoms with van der Waals surface area (Å²) in [6.07, 6.45) is -0.813. The van der Waals surface area contributed by atoms with E-state index in [1.807, 2.05) is 0 Å². The zero-order chi connectivity index (χ0) is 18.3. The molecule has 26 heavy (non-hydrogen) atoms. The summed E-state index contributed by atoms with van der Waals surface area (Å²) in [6, 6.07) is 0.815. The lowest BCUT2D eigenvalue weighted by molar-refractivity contribution is -0.141. The van der Waals surface area contributed by atoms with Gasteiger partial charge in [-0.15, -0.1) is 12.4 Å². The number of hydrogen-bond acceptors (Lipinski definition) is 5. The lowest BCUT2D eigenvalue weighted by Crippen LogP contribution is -2.34. The van der Waals surface area contributed by atoms with Crippen molar-refractivity contribution < 1.29 is 18.0 Å². The van der Waals surface area contributed by atoms with E-state index in [0.29, 0.717) is 24.8 Å². The van der Waals surface area contributed by atoms with Crippen molar-refractivity contribution in [3.63, 3.8) is 0 Å². The highest BCUT2D eigenvalue weighted by atomic mass is 35.5. The predicted molar refractivity (Wildman–Crippen MR) is 95.2 cm³/mol. The van der Waals surface area contributed by atoms with Gasteiger partial charge in [-0.2, -0.15) is 13.2 Å². The highest BCUT2D eigenvalue weighted by Gasteiger charge is 2.32. The molecule has 1 atom stereocenters. The second kappa shape index (κ2) is 10.5. The summed E-state index contributed by atoms with van der Waals surface area (Å²) < 4.78 is 37.7. The monoisotopic (exact) mass is 395 g/mol. The lowest BCUT2D eigenvalue weighted by Gasteiger charge is -2.27. The van der Waals surface area contributed by atoms with E-state index in [-0.39, 0.29) is 30.8 Å². The van der Waals surface area contributed by atoms with Crippen LogP contribution >= 0.6 is 12.4 Å². The summed E-state index contributed by atoms with van der Waals surface area (Å²) in [5.74, 6) is 0.732. The van der Waals surface area contributed by atoms with E-state index >= 15 is 0 Å². The molecule has 0 spiro atoms. The molecule has 148 valence electrons. The molecule has 1 aromatic rings. The van der Waals surface area contributed by atoms with Crippen molar-refractivity contribution in [1.82, 2.24) is 20.6 Å². The fourth-order valence-corrected chi connectivity index (χ4v) is 2.92. The molecule has 0 aliphatic carbocycles. The first-order valence-corrected chi connectivity index (χ1v) is 8.48. The number of alkyl halides is 3. The van der Waals surface area contributed by atoms with Crippen molar-refractivity contribution in [3.05, 3.63) is 18.0 Å². The van der Waals surface area contributed by atoms with Crippen LogP contribution in [-0.2, 0) is 11.0 Å². The Morgan fingerprint density at radius 3 is 2.69 bits per heavy atom. The molecule has 3 N–H and O–H groups in total. The van der Waals surface area contributed by atoms with Gasteiger partial charge < -0.3 is 16.0 Å². The summed E-state index contributed by atoms with van der Waals surface area (Å²) in [4.78, 5) is 19.1. The van der Waals surface area contributed by atoms with Crippen LogP contribution in [0.3, 0.4) is 0 Å². The number of carbonyl (C=O) groups excluding carboxylic acids is 1. The zero-order valence-electron chi connectivity index (χ0n) is 14.6. The van der Waals surface area contributed by atoms with Crippen molar-refractivity contribution in [1.29, 1.82) is 0 Å². The smallest absolute Gasteiger partial charge is 0.354 e. The molecule has 10 heteroatoms. The average molecular weight is 396 g/mol. The van der Waals surface area contributed by atoms with E-state index in [1.165, 1.54) is 0 Å². The summed E-state index contributed by atoms with van der Waals surface area (Å²) in [5.41, 5.74) is -0.996. The van der Waals surface area contributed by atoms with Crippen LogP contribution in [0.4, 0.5) is 19.1 Å². The summed E-state index contributed by atoms with van der Waals surface area (Å²) >= 11 is 0. The standard InChI is InChI=1S/C16H24F3N5O.ClH/c1-11(12-2-5-20-6-3-12)10-14(25)21-8-9-23-15-22-7-4-13(24-15)16(17,18)19;/h4,7,11-12,20H,2-3,5-6,8-10H2,1H3,(H,21,25)(H,22,23,24);1H. The lowest BCUT2D eigenvalue weighted by atomic mass is 9.84. The molecule has 0 aromatic carbocycles. The second-order valence-corrected chi connectivity index (χ2v) is 6.31. The molecular weight excluding hydrogens is 371 g/mol. The van der Waals surface area contributed by atoms with E-state index in [9.17, 15) is 18.0 Å². The van der Waals surface area contributed by atoms with Crippen LogP contribution in [0.25, 0.3) is 0 Å². The molecule has 1 aliphatic heterocycles. The van der Waals surface area contributed by atoms with Crippen LogP contribution in [0.15, 0.2) is 12.3 Å². The number of rotatable bonds is 7. The van der Waals surface area contributed by atoms with Gasteiger partial charge in [0.15, 0.2) is 0 Å². The minimum Gasteiger partial charge on any atom is -0.354 e. The molecule has 2 heterocycles. The predicted octanol–water partition coefficient (Wildman–Crippen LogP) is 2.47. The Morgan fingerprint density at radius 2 is 2.04 bits per heavy atom. The van der Waals surface area contributed by atoms with Gasteiger partial charge in [-0.25, -0.2) is 9.97 Å². The maximum Gasteiger partial charge on any atom is 0.433 e. The van der Waals surface area contributed by atoms with Crippen LogP contribution in [0.5, 0.6) is 0 Å². The number of carbonyl (C=O) groups is 1. The number of halogens is 4. The first kappa shape index (κ1) is 22.4. The first-order valence-electron chi connectivity index (χ1n) is 8.48. The maximum absolute atomic E-state index is 12.6. The Morgan fingerprint density at radius 1 is 1.35 bits per heavy atom. The van der Waals surface area contributed by atoms with Crippen LogP contribution < -0.4 is 16.0 Å². The van der Waals surface area contributed by atoms with E-state index in [1.54, 1.807) is 0 Å². The Balaban J connectivity index is 0.00000338.